The number of likely N-dealkylation sites (N-methyl/N-ethyl adjacent to an activating group) is 1. The summed E-state index contributed by atoms with van der Waals surface area (Å²) in [6.07, 6.45) is 1.59. The van der Waals surface area contributed by atoms with Crippen molar-refractivity contribution in [2.24, 2.45) is 0 Å². The molecule has 1 aromatic heterocycles. The number of aliphatic hydroxyl groups excluding tert-OH is 1. The minimum Gasteiger partial charge on any atom is -0.467 e. The van der Waals surface area contributed by atoms with Crippen LogP contribution in [0.4, 0.5) is 5.69 Å². The van der Waals surface area contributed by atoms with Gasteiger partial charge in [0.2, 0.25) is 5.91 Å². The first-order valence-electron chi connectivity index (χ1n) is 6.88. The molecule has 0 saturated heterocycles. The predicted octanol–water partition coefficient (Wildman–Crippen LogP) is 1.74. The fraction of sp³-hybridized carbons (Fsp3) is 0.312. The van der Waals surface area contributed by atoms with Crippen LogP contribution in [0.15, 0.2) is 53.1 Å². The van der Waals surface area contributed by atoms with Crippen molar-refractivity contribution in [3.63, 3.8) is 0 Å². The SMILES string of the molecule is CN(Cc1ccco1)C(=O)CN(CCO)c1ccccc1. The van der Waals surface area contributed by atoms with Crippen LogP contribution in [0.2, 0.25) is 0 Å². The van der Waals surface area contributed by atoms with E-state index in [2.05, 4.69) is 0 Å². The Bertz CT molecular complexity index is 540. The molecular formula is C16H20N2O3. The summed E-state index contributed by atoms with van der Waals surface area (Å²) < 4.78 is 5.24. The lowest BCUT2D eigenvalue weighted by Gasteiger charge is -2.26. The van der Waals surface area contributed by atoms with Gasteiger partial charge in [0, 0.05) is 19.3 Å². The molecule has 2 rings (SSSR count). The smallest absolute Gasteiger partial charge is 0.242 e. The van der Waals surface area contributed by atoms with Gasteiger partial charge in [-0.1, -0.05) is 18.2 Å². The number of hydrogen-bond acceptors (Lipinski definition) is 4. The van der Waals surface area contributed by atoms with E-state index in [1.165, 1.54) is 0 Å². The molecule has 5 nitrogen and oxygen atoms in total. The molecule has 0 aliphatic rings. The lowest BCUT2D eigenvalue weighted by molar-refractivity contribution is -0.129. The number of carbonyl (C=O) groups is 1. The Morgan fingerprint density at radius 3 is 2.57 bits per heavy atom. The lowest BCUT2D eigenvalue weighted by Crippen LogP contribution is -2.39. The van der Waals surface area contributed by atoms with Gasteiger partial charge in [-0.2, -0.15) is 0 Å². The molecule has 0 spiro atoms. The van der Waals surface area contributed by atoms with Crippen LogP contribution in [0.1, 0.15) is 5.76 Å². The molecule has 0 bridgehead atoms. The average molecular weight is 288 g/mol. The van der Waals surface area contributed by atoms with E-state index in [-0.39, 0.29) is 19.1 Å². The first-order chi connectivity index (χ1) is 10.2. The van der Waals surface area contributed by atoms with E-state index in [1.54, 1.807) is 24.3 Å². The number of anilines is 1. The fourth-order valence-electron chi connectivity index (χ4n) is 2.07. The molecule has 112 valence electrons. The minimum atomic E-state index is -0.0243. The fourth-order valence-corrected chi connectivity index (χ4v) is 2.07. The number of aliphatic hydroxyl groups is 1. The summed E-state index contributed by atoms with van der Waals surface area (Å²) in [4.78, 5) is 15.8. The van der Waals surface area contributed by atoms with Crippen molar-refractivity contribution in [2.75, 3.05) is 31.6 Å². The predicted molar refractivity (Wildman–Crippen MR) is 80.9 cm³/mol. The lowest BCUT2D eigenvalue weighted by atomic mass is 10.2. The quantitative estimate of drug-likeness (QED) is 0.843. The summed E-state index contributed by atoms with van der Waals surface area (Å²) in [7, 11) is 1.74. The van der Waals surface area contributed by atoms with Crippen LogP contribution in [0.25, 0.3) is 0 Å². The van der Waals surface area contributed by atoms with E-state index >= 15 is 0 Å². The second kappa shape index (κ2) is 7.50. The van der Waals surface area contributed by atoms with Crippen LogP contribution in [-0.2, 0) is 11.3 Å². The van der Waals surface area contributed by atoms with Gasteiger partial charge in [0.15, 0.2) is 0 Å². The number of amides is 1. The van der Waals surface area contributed by atoms with Gasteiger partial charge in [-0.05, 0) is 24.3 Å². The van der Waals surface area contributed by atoms with E-state index < -0.39 is 0 Å². The second-order valence-electron chi connectivity index (χ2n) is 4.81. The third-order valence-electron chi connectivity index (χ3n) is 3.22. The third-order valence-corrected chi connectivity index (χ3v) is 3.22. The maximum absolute atomic E-state index is 12.3. The van der Waals surface area contributed by atoms with E-state index in [9.17, 15) is 9.90 Å². The number of rotatable bonds is 7. The highest BCUT2D eigenvalue weighted by molar-refractivity contribution is 5.81. The van der Waals surface area contributed by atoms with Crippen molar-refractivity contribution in [1.82, 2.24) is 4.90 Å². The molecule has 0 aliphatic carbocycles. The standard InChI is InChI=1S/C16H20N2O3/c1-17(12-15-8-5-11-21-15)16(20)13-18(9-10-19)14-6-3-2-4-7-14/h2-8,11,19H,9-10,12-13H2,1H3. The number of para-hydroxylation sites is 1. The molecule has 1 heterocycles. The van der Waals surface area contributed by atoms with E-state index in [4.69, 9.17) is 4.42 Å². The highest BCUT2D eigenvalue weighted by Crippen LogP contribution is 2.13. The topological polar surface area (TPSA) is 56.9 Å². The van der Waals surface area contributed by atoms with Gasteiger partial charge in [-0.15, -0.1) is 0 Å². The van der Waals surface area contributed by atoms with Crippen molar-refractivity contribution in [3.8, 4) is 0 Å². The molecule has 0 unspecified atom stereocenters. The molecule has 0 fully saturated rings. The van der Waals surface area contributed by atoms with Gasteiger partial charge < -0.3 is 19.3 Å². The number of furan rings is 1. The van der Waals surface area contributed by atoms with Crippen molar-refractivity contribution in [3.05, 3.63) is 54.5 Å². The molecule has 0 radical (unpaired) electrons. The van der Waals surface area contributed by atoms with E-state index in [1.807, 2.05) is 41.3 Å². The van der Waals surface area contributed by atoms with Crippen LogP contribution < -0.4 is 4.90 Å². The molecule has 2 aromatic rings. The molecule has 1 aromatic carbocycles. The van der Waals surface area contributed by atoms with Gasteiger partial charge in [0.1, 0.15) is 5.76 Å². The summed E-state index contributed by atoms with van der Waals surface area (Å²) >= 11 is 0. The second-order valence-corrected chi connectivity index (χ2v) is 4.81. The average Bonchev–Trinajstić information content (AvgIpc) is 3.00. The van der Waals surface area contributed by atoms with E-state index in [0.29, 0.717) is 13.1 Å². The Morgan fingerprint density at radius 1 is 1.19 bits per heavy atom. The maximum Gasteiger partial charge on any atom is 0.242 e. The third kappa shape index (κ3) is 4.36. The largest absolute Gasteiger partial charge is 0.467 e. The highest BCUT2D eigenvalue weighted by atomic mass is 16.3. The van der Waals surface area contributed by atoms with Gasteiger partial charge in [0.25, 0.3) is 0 Å². The van der Waals surface area contributed by atoms with Gasteiger partial charge in [0.05, 0.1) is 26.0 Å². The normalized spacial score (nSPS) is 10.4. The van der Waals surface area contributed by atoms with Crippen LogP contribution in [-0.4, -0.2) is 42.7 Å². The molecule has 0 saturated carbocycles. The summed E-state index contributed by atoms with van der Waals surface area (Å²) in [6.45, 7) is 1.09. The first-order valence-corrected chi connectivity index (χ1v) is 6.88. The molecular weight excluding hydrogens is 268 g/mol. The number of hydrogen-bond donors (Lipinski definition) is 1. The van der Waals surface area contributed by atoms with Crippen molar-refractivity contribution >= 4 is 11.6 Å². The van der Waals surface area contributed by atoms with Gasteiger partial charge in [-0.25, -0.2) is 0 Å². The van der Waals surface area contributed by atoms with Crippen LogP contribution in [0.3, 0.4) is 0 Å². The Balaban J connectivity index is 1.97. The van der Waals surface area contributed by atoms with Crippen molar-refractivity contribution < 1.29 is 14.3 Å². The number of benzene rings is 1. The Labute approximate surface area is 124 Å². The number of nitrogens with zero attached hydrogens (tertiary/aromatic N) is 2. The van der Waals surface area contributed by atoms with E-state index in [0.717, 1.165) is 11.4 Å². The summed E-state index contributed by atoms with van der Waals surface area (Å²) in [6, 6.07) is 13.2. The molecule has 5 heteroatoms. The molecule has 1 amide bonds. The van der Waals surface area contributed by atoms with Crippen LogP contribution in [0, 0.1) is 0 Å². The van der Waals surface area contributed by atoms with Gasteiger partial charge >= 0.3 is 0 Å². The summed E-state index contributed by atoms with van der Waals surface area (Å²) in [5, 5.41) is 9.18. The minimum absolute atomic E-state index is 0.00404. The first kappa shape index (κ1) is 15.1. The molecule has 0 atom stereocenters. The molecule has 21 heavy (non-hydrogen) atoms. The van der Waals surface area contributed by atoms with Crippen molar-refractivity contribution in [1.29, 1.82) is 0 Å². The zero-order valence-corrected chi connectivity index (χ0v) is 12.1. The molecule has 0 aliphatic heterocycles. The number of carbonyl (C=O) groups excluding carboxylic acids is 1. The monoisotopic (exact) mass is 288 g/mol. The summed E-state index contributed by atoms with van der Waals surface area (Å²) in [5.74, 6) is 0.725. The Hall–Kier alpha value is -2.27. The Morgan fingerprint density at radius 2 is 1.95 bits per heavy atom. The maximum atomic E-state index is 12.3. The zero-order valence-electron chi connectivity index (χ0n) is 12.1. The van der Waals surface area contributed by atoms with Crippen LogP contribution >= 0.6 is 0 Å². The highest BCUT2D eigenvalue weighted by Gasteiger charge is 2.15. The van der Waals surface area contributed by atoms with Crippen LogP contribution in [0.5, 0.6) is 0 Å². The Kier molecular flexibility index (Phi) is 5.40. The zero-order chi connectivity index (χ0) is 15.1. The van der Waals surface area contributed by atoms with Crippen molar-refractivity contribution in [2.45, 2.75) is 6.54 Å². The van der Waals surface area contributed by atoms with Gasteiger partial charge in [-0.3, -0.25) is 4.79 Å². The molecule has 1 N–H and O–H groups in total. The summed E-state index contributed by atoms with van der Waals surface area (Å²) in [5.41, 5.74) is 0.922.